The molecule has 3 aliphatic carbocycles. The molecule has 0 aliphatic heterocycles. The molecule has 8 aromatic rings. The fourth-order valence-electron chi connectivity index (χ4n) is 11.5. The van der Waals surface area contributed by atoms with Gasteiger partial charge < -0.3 is 4.90 Å². The Kier molecular flexibility index (Phi) is 8.86. The van der Waals surface area contributed by atoms with Crippen LogP contribution in [0.2, 0.25) is 0 Å². The van der Waals surface area contributed by atoms with Gasteiger partial charge in [-0.3, -0.25) is 0 Å². The third-order valence-electron chi connectivity index (χ3n) is 14.5. The highest BCUT2D eigenvalue weighted by Crippen LogP contribution is 2.64. The molecule has 0 fully saturated rings. The molecular formula is C62H51N. The number of fused-ring (bicyclic) bond motifs is 12. The Balaban J connectivity index is 1.19. The van der Waals surface area contributed by atoms with E-state index in [9.17, 15) is 0 Å². The van der Waals surface area contributed by atoms with E-state index in [-0.39, 0.29) is 10.8 Å². The quantitative estimate of drug-likeness (QED) is 0.145. The van der Waals surface area contributed by atoms with Crippen molar-refractivity contribution in [2.24, 2.45) is 0 Å². The van der Waals surface area contributed by atoms with Crippen LogP contribution in [0.25, 0.3) is 39.0 Å². The predicted molar refractivity (Wildman–Crippen MR) is 267 cm³/mol. The Bertz CT molecular complexity index is 3160. The lowest BCUT2D eigenvalue weighted by molar-refractivity contribution is 0.563. The van der Waals surface area contributed by atoms with E-state index < -0.39 is 5.41 Å². The van der Waals surface area contributed by atoms with Crippen LogP contribution < -0.4 is 4.90 Å². The van der Waals surface area contributed by atoms with Gasteiger partial charge in [0.05, 0.1) is 16.8 Å². The second kappa shape index (κ2) is 14.4. The number of para-hydroxylation sites is 1. The van der Waals surface area contributed by atoms with Crippen molar-refractivity contribution in [1.29, 1.82) is 0 Å². The van der Waals surface area contributed by atoms with Crippen LogP contribution in [-0.4, -0.2) is 0 Å². The van der Waals surface area contributed by atoms with E-state index in [1.165, 1.54) is 89.1 Å². The first-order chi connectivity index (χ1) is 30.7. The summed E-state index contributed by atoms with van der Waals surface area (Å²) in [5.74, 6) is 0. The summed E-state index contributed by atoms with van der Waals surface area (Å²) in [6, 6.07) is 68.7. The van der Waals surface area contributed by atoms with Crippen molar-refractivity contribution in [2.75, 3.05) is 4.90 Å². The molecule has 3 aliphatic rings. The first kappa shape index (κ1) is 38.7. The van der Waals surface area contributed by atoms with Crippen molar-refractivity contribution in [1.82, 2.24) is 0 Å². The Morgan fingerprint density at radius 1 is 0.460 bits per heavy atom. The number of hydrogen-bond donors (Lipinski definition) is 0. The number of benzene rings is 8. The van der Waals surface area contributed by atoms with E-state index in [0.29, 0.717) is 0 Å². The van der Waals surface area contributed by atoms with Crippen LogP contribution in [0.1, 0.15) is 84.7 Å². The van der Waals surface area contributed by atoms with Crippen molar-refractivity contribution in [3.63, 3.8) is 0 Å². The molecule has 0 saturated carbocycles. The molecule has 0 radical (unpaired) electrons. The number of nitrogens with zero attached hydrogens (tertiary/aromatic N) is 1. The average molecular weight is 810 g/mol. The SMILES string of the molecule is C=C/C(=C\C=C/C)c1ccc2c(c1)C(C)(C)c1cc(N(c3ccccc3-c3ccccc3)c3cccc4c3-c3ccccc3C43c4ccccc4C(C)(C)c4ccccc43)ccc1-2. The molecule has 0 saturated heterocycles. The summed E-state index contributed by atoms with van der Waals surface area (Å²) in [6.45, 7) is 15.8. The van der Waals surface area contributed by atoms with Crippen molar-refractivity contribution < 1.29 is 0 Å². The molecule has 0 heterocycles. The Morgan fingerprint density at radius 3 is 1.68 bits per heavy atom. The maximum Gasteiger partial charge on any atom is 0.0720 e. The van der Waals surface area contributed by atoms with Gasteiger partial charge in [-0.25, -0.2) is 0 Å². The number of anilines is 3. The molecule has 63 heavy (non-hydrogen) atoms. The minimum atomic E-state index is -0.500. The number of allylic oxidation sites excluding steroid dienone is 5. The molecule has 0 bridgehead atoms. The van der Waals surface area contributed by atoms with Gasteiger partial charge in [-0.05, 0) is 115 Å². The maximum absolute atomic E-state index is 4.16. The molecule has 0 amide bonds. The molecule has 8 aromatic carbocycles. The second-order valence-electron chi connectivity index (χ2n) is 18.4. The van der Waals surface area contributed by atoms with Crippen LogP contribution in [0, 0.1) is 0 Å². The van der Waals surface area contributed by atoms with Crippen LogP contribution in [0.5, 0.6) is 0 Å². The first-order valence-electron chi connectivity index (χ1n) is 22.3. The Morgan fingerprint density at radius 2 is 1.00 bits per heavy atom. The minimum Gasteiger partial charge on any atom is -0.309 e. The Hall–Kier alpha value is -7.22. The van der Waals surface area contributed by atoms with Gasteiger partial charge in [-0.15, -0.1) is 0 Å². The molecule has 1 nitrogen and oxygen atoms in total. The number of rotatable bonds is 7. The van der Waals surface area contributed by atoms with E-state index in [1.54, 1.807) is 0 Å². The normalized spacial score (nSPS) is 15.5. The summed E-state index contributed by atoms with van der Waals surface area (Å²) < 4.78 is 0. The zero-order valence-electron chi connectivity index (χ0n) is 36.8. The molecular weight excluding hydrogens is 759 g/mol. The van der Waals surface area contributed by atoms with Crippen LogP contribution in [0.3, 0.4) is 0 Å². The fourth-order valence-corrected chi connectivity index (χ4v) is 11.5. The topological polar surface area (TPSA) is 3.24 Å². The fraction of sp³-hybridized carbons (Fsp3) is 0.129. The first-order valence-corrected chi connectivity index (χ1v) is 22.3. The monoisotopic (exact) mass is 809 g/mol. The lowest BCUT2D eigenvalue weighted by Crippen LogP contribution is -2.40. The van der Waals surface area contributed by atoms with Gasteiger partial charge in [-0.1, -0.05) is 210 Å². The summed E-state index contributed by atoms with van der Waals surface area (Å²) >= 11 is 0. The van der Waals surface area contributed by atoms with Crippen molar-refractivity contribution in [3.05, 3.63) is 263 Å². The largest absolute Gasteiger partial charge is 0.309 e. The van der Waals surface area contributed by atoms with Gasteiger partial charge in [0.1, 0.15) is 0 Å². The molecule has 0 N–H and O–H groups in total. The van der Waals surface area contributed by atoms with E-state index in [1.807, 2.05) is 13.0 Å². The molecule has 0 atom stereocenters. The van der Waals surface area contributed by atoms with E-state index in [0.717, 1.165) is 16.9 Å². The lowest BCUT2D eigenvalue weighted by Gasteiger charge is -2.46. The van der Waals surface area contributed by atoms with Gasteiger partial charge in [-0.2, -0.15) is 0 Å². The van der Waals surface area contributed by atoms with Gasteiger partial charge in [0.15, 0.2) is 0 Å². The summed E-state index contributed by atoms with van der Waals surface area (Å²) in [5, 5.41) is 0. The highest BCUT2D eigenvalue weighted by atomic mass is 15.1. The summed E-state index contributed by atoms with van der Waals surface area (Å²) in [6.07, 6.45) is 8.26. The summed E-state index contributed by atoms with van der Waals surface area (Å²) in [4.78, 5) is 2.56. The minimum absolute atomic E-state index is 0.167. The average Bonchev–Trinajstić information content (AvgIpc) is 3.75. The van der Waals surface area contributed by atoms with Gasteiger partial charge in [0, 0.05) is 27.6 Å². The van der Waals surface area contributed by atoms with Crippen LogP contribution in [0.15, 0.2) is 213 Å². The third kappa shape index (κ3) is 5.49. The second-order valence-corrected chi connectivity index (χ2v) is 18.4. The standard InChI is InChI=1S/C62H51N/c1-7-9-22-41(8-2)43-35-37-46-47-38-36-44(40-56(47)61(5,6)55(46)39-43)63(57-33-20-14-25-45(57)42-23-11-10-12-24-42)58-34-21-32-54-59(58)48-26-13-15-27-49(48)62(54)52-30-18-16-28-50(52)60(3,4)51-29-17-19-31-53(51)62/h7-40H,2H2,1,3-6H3/b9-7-,41-22+. The third-order valence-corrected chi connectivity index (χ3v) is 14.5. The van der Waals surface area contributed by atoms with Crippen molar-refractivity contribution in [2.45, 2.75) is 50.9 Å². The van der Waals surface area contributed by atoms with Gasteiger partial charge in [0.2, 0.25) is 0 Å². The molecule has 11 rings (SSSR count). The Labute approximate surface area is 373 Å². The van der Waals surface area contributed by atoms with Crippen molar-refractivity contribution >= 4 is 22.6 Å². The number of hydrogen-bond acceptors (Lipinski definition) is 1. The molecule has 0 aromatic heterocycles. The molecule has 1 heteroatoms. The zero-order chi connectivity index (χ0) is 43.1. The molecule has 1 spiro atoms. The van der Waals surface area contributed by atoms with Gasteiger partial charge in [0.25, 0.3) is 0 Å². The van der Waals surface area contributed by atoms with Crippen LogP contribution >= 0.6 is 0 Å². The maximum atomic E-state index is 4.16. The summed E-state index contributed by atoms with van der Waals surface area (Å²) in [7, 11) is 0. The van der Waals surface area contributed by atoms with Crippen LogP contribution in [-0.2, 0) is 16.2 Å². The zero-order valence-corrected chi connectivity index (χ0v) is 36.8. The molecule has 304 valence electrons. The van der Waals surface area contributed by atoms with Crippen LogP contribution in [0.4, 0.5) is 17.1 Å². The smallest absolute Gasteiger partial charge is 0.0720 e. The van der Waals surface area contributed by atoms with E-state index >= 15 is 0 Å². The predicted octanol–water partition coefficient (Wildman–Crippen LogP) is 16.3. The van der Waals surface area contributed by atoms with E-state index in [4.69, 9.17) is 0 Å². The lowest BCUT2D eigenvalue weighted by atomic mass is 9.55. The van der Waals surface area contributed by atoms with Gasteiger partial charge >= 0.3 is 0 Å². The van der Waals surface area contributed by atoms with E-state index in [2.05, 4.69) is 239 Å². The highest BCUT2D eigenvalue weighted by Gasteiger charge is 2.54. The van der Waals surface area contributed by atoms with Crippen molar-refractivity contribution in [3.8, 4) is 33.4 Å². The highest BCUT2D eigenvalue weighted by molar-refractivity contribution is 6.01. The molecule has 0 unspecified atom stereocenters. The summed E-state index contributed by atoms with van der Waals surface area (Å²) in [5.41, 5.74) is 23.2.